The number of nitrogens with zero attached hydrogens (tertiary/aromatic N) is 5. The molecule has 0 fully saturated rings. The quantitative estimate of drug-likeness (QED) is 0.428. The van der Waals surface area contributed by atoms with Crippen LogP contribution >= 0.6 is 0 Å². The summed E-state index contributed by atoms with van der Waals surface area (Å²) in [6.45, 7) is 0. The molecule has 0 unspecified atom stereocenters. The van der Waals surface area contributed by atoms with E-state index in [4.69, 9.17) is 0 Å². The van der Waals surface area contributed by atoms with E-state index in [9.17, 15) is 14.0 Å². The highest BCUT2D eigenvalue weighted by molar-refractivity contribution is 6.01. The Morgan fingerprint density at radius 3 is 2.78 bits per heavy atom. The Morgan fingerprint density at radius 2 is 2.06 bits per heavy atom. The number of hydrogen-bond acceptors (Lipinski definition) is 7. The van der Waals surface area contributed by atoms with E-state index in [0.29, 0.717) is 17.5 Å². The first-order valence-corrected chi connectivity index (χ1v) is 9.70. The molecule has 4 aromatic rings. The molecule has 1 aliphatic carbocycles. The summed E-state index contributed by atoms with van der Waals surface area (Å²) in [5.74, 6) is 0.496. The zero-order valence-electron chi connectivity index (χ0n) is 16.8. The van der Waals surface area contributed by atoms with Crippen molar-refractivity contribution in [3.63, 3.8) is 0 Å². The number of halogens is 1. The fourth-order valence-electron chi connectivity index (χ4n) is 3.20. The summed E-state index contributed by atoms with van der Waals surface area (Å²) in [4.78, 5) is 34.2. The number of rotatable bonds is 6. The smallest absolute Gasteiger partial charge is 0.279 e. The monoisotopic (exact) mass is 432 g/mol. The van der Waals surface area contributed by atoms with Gasteiger partial charge in [-0.3, -0.25) is 14.2 Å². The predicted molar refractivity (Wildman–Crippen MR) is 116 cm³/mol. The van der Waals surface area contributed by atoms with Gasteiger partial charge in [0, 0.05) is 31.9 Å². The van der Waals surface area contributed by atoms with Crippen LogP contribution in [0.15, 0.2) is 71.3 Å². The number of amides is 1. The van der Waals surface area contributed by atoms with Crippen molar-refractivity contribution in [1.29, 1.82) is 0 Å². The summed E-state index contributed by atoms with van der Waals surface area (Å²) >= 11 is 0. The highest BCUT2D eigenvalue weighted by Gasteiger charge is 2.26. The van der Waals surface area contributed by atoms with Crippen molar-refractivity contribution in [2.75, 3.05) is 17.7 Å². The van der Waals surface area contributed by atoms with E-state index in [-0.39, 0.29) is 40.4 Å². The third kappa shape index (κ3) is 3.45. The Balaban J connectivity index is 1.53. The Labute approximate surface area is 180 Å². The minimum absolute atomic E-state index is 0.142. The minimum atomic E-state index is -0.508. The molecule has 1 aliphatic rings. The summed E-state index contributed by atoms with van der Waals surface area (Å²) < 4.78 is 15.9. The van der Waals surface area contributed by atoms with Crippen LogP contribution in [0.1, 0.15) is 16.8 Å². The second kappa shape index (κ2) is 7.61. The number of fused-ring (bicyclic) bond motifs is 1. The van der Waals surface area contributed by atoms with Crippen LogP contribution < -0.4 is 21.5 Å². The van der Waals surface area contributed by atoms with Crippen molar-refractivity contribution in [3.8, 4) is 5.82 Å². The molecule has 4 heterocycles. The molecule has 3 N–H and O–H groups in total. The molecule has 4 aromatic heterocycles. The number of nitrogens with one attached hydrogen (secondary N) is 3. The summed E-state index contributed by atoms with van der Waals surface area (Å²) in [7, 11) is 1.70. The standard InChI is InChI=1S/C21H17FN8O2/c1-23-18-10-16(26-14-5-4-8-29(21(14)32)17-6-2-3-7-24-17)28-19-12(11-25-30(18)19)20(31)27-15-9-13(15)22/h2-8,10-11,23H,9H2,1H3,(H,26,28)(H,27,31). The van der Waals surface area contributed by atoms with Crippen LogP contribution in [-0.4, -0.2) is 37.1 Å². The summed E-state index contributed by atoms with van der Waals surface area (Å²) in [6.07, 6.45) is 4.73. The Bertz CT molecular complexity index is 1440. The van der Waals surface area contributed by atoms with Crippen molar-refractivity contribution in [3.05, 3.63) is 82.4 Å². The first kappa shape index (κ1) is 19.4. The first-order chi connectivity index (χ1) is 15.5. The van der Waals surface area contributed by atoms with Crippen LogP contribution in [0.25, 0.3) is 11.5 Å². The van der Waals surface area contributed by atoms with Gasteiger partial charge in [0.25, 0.3) is 11.5 Å². The second-order valence-corrected chi connectivity index (χ2v) is 6.99. The van der Waals surface area contributed by atoms with Gasteiger partial charge in [-0.25, -0.2) is 14.4 Å². The summed E-state index contributed by atoms with van der Waals surface area (Å²) in [5, 5.41) is 12.7. The molecule has 0 aromatic carbocycles. The van der Waals surface area contributed by atoms with Crippen LogP contribution in [0.3, 0.4) is 0 Å². The van der Waals surface area contributed by atoms with E-state index >= 15 is 0 Å². The van der Waals surface area contributed by atoms with Crippen LogP contribution in [-0.2, 0) is 0 Å². The molecule has 0 saturated heterocycles. The molecular formula is C21H17FN8O2. The maximum absolute atomic E-state index is 13.1. The number of aromatic nitrogens is 5. The normalized spacial score (nSPS) is 12.7. The van der Waals surface area contributed by atoms with E-state index in [0.717, 1.165) is 0 Å². The molecule has 5 rings (SSSR count). The zero-order chi connectivity index (χ0) is 22.2. The van der Waals surface area contributed by atoms with Gasteiger partial charge in [0.05, 0.1) is 11.9 Å². The predicted octanol–water partition coefficient (Wildman–Crippen LogP) is 2.38. The third-order valence-electron chi connectivity index (χ3n) is 4.88. The first-order valence-electron chi connectivity index (χ1n) is 9.70. The number of pyridine rings is 2. The van der Waals surface area contributed by atoms with Gasteiger partial charge in [0.2, 0.25) is 0 Å². The number of carbonyl (C=O) groups is 1. The topological polar surface area (TPSA) is 118 Å². The largest absolute Gasteiger partial charge is 0.373 e. The SMILES string of the molecule is CNc1cc(Nc2cccn(-c3ccccn3)c2=O)nc2c(C(=O)NC3=C(F)C3)cnn12. The fourth-order valence-corrected chi connectivity index (χ4v) is 3.20. The number of allylic oxidation sites excluding steroid dienone is 2. The number of carbonyl (C=O) groups excluding carboxylic acids is 1. The van der Waals surface area contributed by atoms with E-state index < -0.39 is 5.91 Å². The van der Waals surface area contributed by atoms with Gasteiger partial charge < -0.3 is 16.0 Å². The second-order valence-electron chi connectivity index (χ2n) is 6.99. The van der Waals surface area contributed by atoms with Crippen LogP contribution in [0.5, 0.6) is 0 Å². The van der Waals surface area contributed by atoms with Gasteiger partial charge in [-0.05, 0) is 24.3 Å². The van der Waals surface area contributed by atoms with E-state index in [1.54, 1.807) is 55.8 Å². The molecule has 11 heteroatoms. The van der Waals surface area contributed by atoms with Crippen LogP contribution in [0, 0.1) is 0 Å². The van der Waals surface area contributed by atoms with Crippen LogP contribution in [0.4, 0.5) is 21.7 Å². The average molecular weight is 432 g/mol. The van der Waals surface area contributed by atoms with E-state index in [1.807, 2.05) is 0 Å². The third-order valence-corrected chi connectivity index (χ3v) is 4.88. The zero-order valence-corrected chi connectivity index (χ0v) is 16.8. The minimum Gasteiger partial charge on any atom is -0.373 e. The van der Waals surface area contributed by atoms with Crippen LogP contribution in [0.2, 0.25) is 0 Å². The van der Waals surface area contributed by atoms with E-state index in [2.05, 4.69) is 31.0 Å². The lowest BCUT2D eigenvalue weighted by Crippen LogP contribution is -2.21. The molecular weight excluding hydrogens is 415 g/mol. The van der Waals surface area contributed by atoms with Crippen molar-refractivity contribution >= 4 is 28.9 Å². The average Bonchev–Trinajstić information content (AvgIpc) is 3.32. The van der Waals surface area contributed by atoms with Gasteiger partial charge in [-0.2, -0.15) is 9.61 Å². The van der Waals surface area contributed by atoms with E-state index in [1.165, 1.54) is 15.3 Å². The molecule has 0 radical (unpaired) electrons. The highest BCUT2D eigenvalue weighted by Crippen LogP contribution is 2.29. The molecule has 0 saturated carbocycles. The molecule has 10 nitrogen and oxygen atoms in total. The molecule has 0 atom stereocenters. The lowest BCUT2D eigenvalue weighted by Gasteiger charge is -2.11. The maximum atomic E-state index is 13.1. The Hall–Kier alpha value is -4.54. The van der Waals surface area contributed by atoms with Gasteiger partial charge in [-0.15, -0.1) is 0 Å². The van der Waals surface area contributed by atoms with Gasteiger partial charge in [0.15, 0.2) is 5.65 Å². The Kier molecular flexibility index (Phi) is 4.62. The molecule has 0 spiro atoms. The molecule has 32 heavy (non-hydrogen) atoms. The molecule has 0 bridgehead atoms. The number of anilines is 3. The lowest BCUT2D eigenvalue weighted by molar-refractivity contribution is 0.0968. The number of hydrogen-bond donors (Lipinski definition) is 3. The van der Waals surface area contributed by atoms with Gasteiger partial charge in [-0.1, -0.05) is 6.07 Å². The maximum Gasteiger partial charge on any atom is 0.279 e. The Morgan fingerprint density at radius 1 is 1.22 bits per heavy atom. The summed E-state index contributed by atoms with van der Waals surface area (Å²) in [6, 6.07) is 10.3. The fraction of sp³-hybridized carbons (Fsp3) is 0.0952. The van der Waals surface area contributed by atoms with Crippen molar-refractivity contribution < 1.29 is 9.18 Å². The van der Waals surface area contributed by atoms with Gasteiger partial charge >= 0.3 is 0 Å². The van der Waals surface area contributed by atoms with Crippen molar-refractivity contribution in [2.24, 2.45) is 0 Å². The molecule has 0 aliphatic heterocycles. The highest BCUT2D eigenvalue weighted by atomic mass is 19.1. The molecule has 160 valence electrons. The lowest BCUT2D eigenvalue weighted by atomic mass is 10.3. The summed E-state index contributed by atoms with van der Waals surface area (Å²) in [5.41, 5.74) is 0.641. The molecule has 1 amide bonds. The van der Waals surface area contributed by atoms with Crippen molar-refractivity contribution in [2.45, 2.75) is 6.42 Å². The van der Waals surface area contributed by atoms with Crippen molar-refractivity contribution in [1.82, 2.24) is 29.5 Å². The van der Waals surface area contributed by atoms with Gasteiger partial charge in [0.1, 0.15) is 34.5 Å².